The smallest absolute Gasteiger partial charge is 0.267 e. The molecule has 154 valence electrons. The minimum absolute atomic E-state index is 0.0770. The molecule has 3 aromatic rings. The number of benzene rings is 1. The van der Waals surface area contributed by atoms with E-state index < -0.39 is 0 Å². The molecule has 1 amide bonds. The van der Waals surface area contributed by atoms with E-state index in [-0.39, 0.29) is 18.0 Å². The second kappa shape index (κ2) is 8.77. The number of aromatic nitrogens is 3. The molecule has 0 N–H and O–H groups in total. The van der Waals surface area contributed by atoms with E-state index >= 15 is 0 Å². The third-order valence-corrected chi connectivity index (χ3v) is 5.19. The number of rotatable bonds is 5. The molecule has 30 heavy (non-hydrogen) atoms. The molecule has 0 unspecified atom stereocenters. The standard InChI is InChI=1S/C22H23N5O3/c1-30-20-5-3-2-4-19(20)25-12-14-26(15-13-25)22(29)16-27-21(28)7-6-18(24-27)17-8-10-23-11-9-17/h2-11H,12-16H2,1H3. The lowest BCUT2D eigenvalue weighted by Gasteiger charge is -2.36. The summed E-state index contributed by atoms with van der Waals surface area (Å²) >= 11 is 0. The van der Waals surface area contributed by atoms with E-state index in [2.05, 4.69) is 15.0 Å². The molecule has 1 aliphatic rings. The summed E-state index contributed by atoms with van der Waals surface area (Å²) in [6, 6.07) is 14.6. The minimum atomic E-state index is -0.297. The number of hydrogen-bond acceptors (Lipinski definition) is 6. The molecule has 2 aromatic heterocycles. The van der Waals surface area contributed by atoms with Gasteiger partial charge in [-0.2, -0.15) is 5.10 Å². The van der Waals surface area contributed by atoms with Crippen molar-refractivity contribution in [3.63, 3.8) is 0 Å². The monoisotopic (exact) mass is 405 g/mol. The molecular formula is C22H23N5O3. The van der Waals surface area contributed by atoms with Gasteiger partial charge in [-0.15, -0.1) is 0 Å². The van der Waals surface area contributed by atoms with Crippen molar-refractivity contribution in [2.24, 2.45) is 0 Å². The summed E-state index contributed by atoms with van der Waals surface area (Å²) in [7, 11) is 1.66. The second-order valence-corrected chi connectivity index (χ2v) is 6.99. The predicted octanol–water partition coefficient (Wildman–Crippen LogP) is 1.66. The molecule has 1 aliphatic heterocycles. The Morgan fingerprint density at radius 1 is 1.00 bits per heavy atom. The van der Waals surface area contributed by atoms with Crippen LogP contribution in [0.25, 0.3) is 11.3 Å². The number of ether oxygens (including phenoxy) is 1. The Bertz CT molecular complexity index is 1080. The van der Waals surface area contributed by atoms with Crippen molar-refractivity contribution in [3.05, 3.63) is 71.3 Å². The highest BCUT2D eigenvalue weighted by Gasteiger charge is 2.23. The van der Waals surface area contributed by atoms with Crippen molar-refractivity contribution < 1.29 is 9.53 Å². The van der Waals surface area contributed by atoms with Gasteiger partial charge < -0.3 is 14.5 Å². The van der Waals surface area contributed by atoms with Crippen molar-refractivity contribution in [3.8, 4) is 17.0 Å². The number of anilines is 1. The molecule has 8 nitrogen and oxygen atoms in total. The van der Waals surface area contributed by atoms with Gasteiger partial charge in [-0.05, 0) is 30.3 Å². The predicted molar refractivity (Wildman–Crippen MR) is 114 cm³/mol. The van der Waals surface area contributed by atoms with Gasteiger partial charge in [0.15, 0.2) is 0 Å². The van der Waals surface area contributed by atoms with Crippen LogP contribution in [0.3, 0.4) is 0 Å². The average Bonchev–Trinajstić information content (AvgIpc) is 2.81. The van der Waals surface area contributed by atoms with Crippen LogP contribution in [0.2, 0.25) is 0 Å². The van der Waals surface area contributed by atoms with Crippen molar-refractivity contribution in [1.29, 1.82) is 0 Å². The number of amides is 1. The summed E-state index contributed by atoms with van der Waals surface area (Å²) in [6.45, 7) is 2.48. The zero-order valence-electron chi connectivity index (χ0n) is 16.8. The van der Waals surface area contributed by atoms with Crippen molar-refractivity contribution >= 4 is 11.6 Å². The van der Waals surface area contributed by atoms with Gasteiger partial charge in [0, 0.05) is 50.2 Å². The number of para-hydroxylation sites is 2. The Morgan fingerprint density at radius 2 is 1.73 bits per heavy atom. The molecule has 1 fully saturated rings. The lowest BCUT2D eigenvalue weighted by molar-refractivity contribution is -0.132. The molecule has 0 radical (unpaired) electrons. The number of carbonyl (C=O) groups excluding carboxylic acids is 1. The summed E-state index contributed by atoms with van der Waals surface area (Å²) in [4.78, 5) is 33.0. The minimum Gasteiger partial charge on any atom is -0.495 e. The van der Waals surface area contributed by atoms with Crippen molar-refractivity contribution in [1.82, 2.24) is 19.7 Å². The first-order valence-corrected chi connectivity index (χ1v) is 9.80. The first-order chi connectivity index (χ1) is 14.7. The van der Waals surface area contributed by atoms with E-state index in [4.69, 9.17) is 4.74 Å². The highest BCUT2D eigenvalue weighted by Crippen LogP contribution is 2.28. The average molecular weight is 405 g/mol. The molecule has 0 bridgehead atoms. The highest BCUT2D eigenvalue weighted by molar-refractivity contribution is 5.76. The molecule has 0 aliphatic carbocycles. The molecule has 8 heteroatoms. The van der Waals surface area contributed by atoms with Crippen LogP contribution in [-0.4, -0.2) is 58.9 Å². The van der Waals surface area contributed by atoms with Gasteiger partial charge in [-0.25, -0.2) is 4.68 Å². The van der Waals surface area contributed by atoms with Crippen LogP contribution < -0.4 is 15.2 Å². The lowest BCUT2D eigenvalue weighted by atomic mass is 10.2. The summed E-state index contributed by atoms with van der Waals surface area (Å²) in [5, 5.41) is 4.36. The Labute approximate surface area is 174 Å². The largest absolute Gasteiger partial charge is 0.495 e. The zero-order valence-corrected chi connectivity index (χ0v) is 16.8. The molecule has 0 spiro atoms. The fourth-order valence-electron chi connectivity index (χ4n) is 3.55. The maximum absolute atomic E-state index is 12.8. The topological polar surface area (TPSA) is 80.6 Å². The number of hydrogen-bond donors (Lipinski definition) is 0. The van der Waals surface area contributed by atoms with Crippen LogP contribution in [0, 0.1) is 0 Å². The maximum Gasteiger partial charge on any atom is 0.267 e. The van der Waals surface area contributed by atoms with Gasteiger partial charge in [0.1, 0.15) is 12.3 Å². The van der Waals surface area contributed by atoms with E-state index in [0.717, 1.165) is 17.0 Å². The van der Waals surface area contributed by atoms with Crippen LogP contribution in [0.4, 0.5) is 5.69 Å². The number of pyridine rings is 1. The van der Waals surface area contributed by atoms with Crippen LogP contribution in [0.15, 0.2) is 65.7 Å². The van der Waals surface area contributed by atoms with Crippen LogP contribution in [0.1, 0.15) is 0 Å². The number of piperazine rings is 1. The second-order valence-electron chi connectivity index (χ2n) is 6.99. The Kier molecular flexibility index (Phi) is 5.74. The van der Waals surface area contributed by atoms with E-state index in [1.54, 1.807) is 30.5 Å². The van der Waals surface area contributed by atoms with Gasteiger partial charge in [0.25, 0.3) is 5.56 Å². The molecule has 0 saturated carbocycles. The first kappa shape index (κ1) is 19.6. The third-order valence-electron chi connectivity index (χ3n) is 5.19. The Balaban J connectivity index is 1.42. The number of nitrogens with zero attached hydrogens (tertiary/aromatic N) is 5. The lowest BCUT2D eigenvalue weighted by Crippen LogP contribution is -2.50. The molecule has 3 heterocycles. The fourth-order valence-corrected chi connectivity index (χ4v) is 3.55. The van der Waals surface area contributed by atoms with Crippen molar-refractivity contribution in [2.45, 2.75) is 6.54 Å². The Hall–Kier alpha value is -3.68. The molecule has 0 atom stereocenters. The Morgan fingerprint density at radius 3 is 2.47 bits per heavy atom. The molecular weight excluding hydrogens is 382 g/mol. The third kappa shape index (κ3) is 4.17. The highest BCUT2D eigenvalue weighted by atomic mass is 16.5. The quantitative estimate of drug-likeness (QED) is 0.642. The van der Waals surface area contributed by atoms with Gasteiger partial charge >= 0.3 is 0 Å². The molecule has 1 saturated heterocycles. The fraction of sp³-hybridized carbons (Fsp3) is 0.273. The normalized spacial score (nSPS) is 13.9. The van der Waals surface area contributed by atoms with E-state index in [1.807, 2.05) is 36.4 Å². The molecule has 1 aromatic carbocycles. The van der Waals surface area contributed by atoms with E-state index in [9.17, 15) is 9.59 Å². The maximum atomic E-state index is 12.8. The SMILES string of the molecule is COc1ccccc1N1CCN(C(=O)Cn2nc(-c3ccncc3)ccc2=O)CC1. The summed E-state index contributed by atoms with van der Waals surface area (Å²) in [5.41, 5.74) is 2.20. The summed E-state index contributed by atoms with van der Waals surface area (Å²) < 4.78 is 6.67. The van der Waals surface area contributed by atoms with E-state index in [0.29, 0.717) is 31.9 Å². The van der Waals surface area contributed by atoms with Gasteiger partial charge in [-0.3, -0.25) is 14.6 Å². The zero-order chi connectivity index (χ0) is 20.9. The van der Waals surface area contributed by atoms with Crippen LogP contribution >= 0.6 is 0 Å². The van der Waals surface area contributed by atoms with E-state index in [1.165, 1.54) is 10.7 Å². The van der Waals surface area contributed by atoms with Crippen molar-refractivity contribution in [2.75, 3.05) is 38.2 Å². The van der Waals surface area contributed by atoms with Gasteiger partial charge in [0.2, 0.25) is 5.91 Å². The van der Waals surface area contributed by atoms with Gasteiger partial charge in [-0.1, -0.05) is 12.1 Å². The summed E-state index contributed by atoms with van der Waals surface area (Å²) in [5.74, 6) is 0.706. The van der Waals surface area contributed by atoms with Gasteiger partial charge in [0.05, 0.1) is 18.5 Å². The van der Waals surface area contributed by atoms with Crippen LogP contribution in [0.5, 0.6) is 5.75 Å². The van der Waals surface area contributed by atoms with Crippen LogP contribution in [-0.2, 0) is 11.3 Å². The summed E-state index contributed by atoms with van der Waals surface area (Å²) in [6.07, 6.45) is 3.33. The molecule has 4 rings (SSSR count). The first-order valence-electron chi connectivity index (χ1n) is 9.80. The number of carbonyl (C=O) groups is 1. The number of methoxy groups -OCH3 is 1.